The lowest BCUT2D eigenvalue weighted by Gasteiger charge is -2.16. The molecule has 1 atom stereocenters. The third kappa shape index (κ3) is 4.61. The van der Waals surface area contributed by atoms with Crippen LogP contribution in [0, 0.1) is 6.92 Å². The highest BCUT2D eigenvalue weighted by atomic mass is 15.3. The van der Waals surface area contributed by atoms with Crippen LogP contribution in [0.25, 0.3) is 11.3 Å². The molecule has 0 aliphatic rings. The fourth-order valence-corrected chi connectivity index (χ4v) is 3.64. The number of pyridine rings is 1. The summed E-state index contributed by atoms with van der Waals surface area (Å²) in [6.07, 6.45) is 5.82. The molecule has 1 N–H and O–H groups in total. The summed E-state index contributed by atoms with van der Waals surface area (Å²) in [5.74, 6) is 0. The first-order chi connectivity index (χ1) is 14.2. The molecule has 4 rings (SSSR count). The highest BCUT2D eigenvalue weighted by Gasteiger charge is 2.14. The maximum absolute atomic E-state index is 4.88. The number of benzene rings is 2. The molecule has 0 spiro atoms. The van der Waals surface area contributed by atoms with Gasteiger partial charge >= 0.3 is 0 Å². The zero-order valence-corrected chi connectivity index (χ0v) is 16.9. The van der Waals surface area contributed by atoms with E-state index in [1.54, 1.807) is 6.20 Å². The molecule has 0 saturated heterocycles. The van der Waals surface area contributed by atoms with Crippen molar-refractivity contribution in [1.29, 1.82) is 0 Å². The van der Waals surface area contributed by atoms with Crippen LogP contribution < -0.4 is 5.32 Å². The summed E-state index contributed by atoms with van der Waals surface area (Å²) < 4.78 is 2.02. The summed E-state index contributed by atoms with van der Waals surface area (Å²) in [5, 5.41) is 8.55. The van der Waals surface area contributed by atoms with Gasteiger partial charge in [0.15, 0.2) is 0 Å². The fourth-order valence-electron chi connectivity index (χ4n) is 3.64. The third-order valence-corrected chi connectivity index (χ3v) is 5.21. The van der Waals surface area contributed by atoms with Crippen molar-refractivity contribution in [3.63, 3.8) is 0 Å². The summed E-state index contributed by atoms with van der Waals surface area (Å²) in [7, 11) is 0. The van der Waals surface area contributed by atoms with E-state index in [0.29, 0.717) is 0 Å². The largest absolute Gasteiger partial charge is 0.306 e. The number of aromatic nitrogens is 3. The normalized spacial score (nSPS) is 12.1. The quantitative estimate of drug-likeness (QED) is 0.480. The van der Waals surface area contributed by atoms with Crippen LogP contribution in [0.15, 0.2) is 85.3 Å². The Hall–Kier alpha value is -3.24. The first kappa shape index (κ1) is 19.1. The van der Waals surface area contributed by atoms with Crippen LogP contribution in [0.5, 0.6) is 0 Å². The Bertz CT molecular complexity index is 1050. The van der Waals surface area contributed by atoms with Crippen LogP contribution >= 0.6 is 0 Å². The third-order valence-electron chi connectivity index (χ3n) is 5.21. The van der Waals surface area contributed by atoms with E-state index in [9.17, 15) is 0 Å². The van der Waals surface area contributed by atoms with E-state index < -0.39 is 0 Å². The van der Waals surface area contributed by atoms with Gasteiger partial charge in [-0.1, -0.05) is 54.6 Å². The van der Waals surface area contributed by atoms with Crippen LogP contribution in [0.2, 0.25) is 0 Å². The Kier molecular flexibility index (Phi) is 5.82. The van der Waals surface area contributed by atoms with Gasteiger partial charge in [0.25, 0.3) is 0 Å². The number of aryl methyl sites for hydroxylation is 1. The van der Waals surface area contributed by atoms with E-state index in [1.807, 2.05) is 23.0 Å². The second kappa shape index (κ2) is 8.84. The smallest absolute Gasteiger partial charge is 0.0983 e. The number of nitrogens with zero attached hydrogens (tertiary/aromatic N) is 3. The Morgan fingerprint density at radius 2 is 1.76 bits per heavy atom. The lowest BCUT2D eigenvalue weighted by molar-refractivity contribution is 0.572. The number of hydrogen-bond donors (Lipinski definition) is 1. The Balaban J connectivity index is 1.58. The van der Waals surface area contributed by atoms with Crippen molar-refractivity contribution >= 4 is 0 Å². The molecular weight excluding hydrogens is 356 g/mol. The molecule has 2 aromatic carbocycles. The molecule has 0 bridgehead atoms. The van der Waals surface area contributed by atoms with Gasteiger partial charge in [-0.15, -0.1) is 0 Å². The van der Waals surface area contributed by atoms with E-state index in [0.717, 1.165) is 24.3 Å². The van der Waals surface area contributed by atoms with Gasteiger partial charge in [0.2, 0.25) is 0 Å². The lowest BCUT2D eigenvalue weighted by atomic mass is 10.0. The molecule has 0 saturated carbocycles. The van der Waals surface area contributed by atoms with E-state index >= 15 is 0 Å². The molecule has 29 heavy (non-hydrogen) atoms. The Morgan fingerprint density at radius 1 is 0.966 bits per heavy atom. The minimum absolute atomic E-state index is 0.260. The van der Waals surface area contributed by atoms with Gasteiger partial charge in [-0.25, -0.2) is 0 Å². The van der Waals surface area contributed by atoms with Gasteiger partial charge in [-0.3, -0.25) is 9.67 Å². The average molecular weight is 383 g/mol. The van der Waals surface area contributed by atoms with Crippen LogP contribution in [0.4, 0.5) is 0 Å². The summed E-state index contributed by atoms with van der Waals surface area (Å²) in [5.41, 5.74) is 7.07. The maximum atomic E-state index is 4.88. The van der Waals surface area contributed by atoms with Gasteiger partial charge in [-0.05, 0) is 42.7 Å². The van der Waals surface area contributed by atoms with Crippen LogP contribution in [0.1, 0.15) is 35.2 Å². The molecule has 146 valence electrons. The molecule has 0 aliphatic carbocycles. The summed E-state index contributed by atoms with van der Waals surface area (Å²) in [6.45, 7) is 5.86. The van der Waals surface area contributed by atoms with Gasteiger partial charge in [0.1, 0.15) is 0 Å². The van der Waals surface area contributed by atoms with Crippen molar-refractivity contribution < 1.29 is 0 Å². The Labute approximate surface area is 172 Å². The zero-order chi connectivity index (χ0) is 20.1. The summed E-state index contributed by atoms with van der Waals surface area (Å²) >= 11 is 0. The van der Waals surface area contributed by atoms with E-state index in [2.05, 4.69) is 84.9 Å². The lowest BCUT2D eigenvalue weighted by Crippen LogP contribution is -2.19. The van der Waals surface area contributed by atoms with Crippen LogP contribution in [-0.2, 0) is 13.1 Å². The topological polar surface area (TPSA) is 42.7 Å². The van der Waals surface area contributed by atoms with Crippen molar-refractivity contribution in [3.8, 4) is 11.3 Å². The SMILES string of the molecule is Cc1ccccc1C(C)NCc1cn(Cc2ccccc2)nc1-c1cccnc1. The minimum atomic E-state index is 0.260. The first-order valence-electron chi connectivity index (χ1n) is 10.0. The maximum Gasteiger partial charge on any atom is 0.0983 e. The molecule has 0 fully saturated rings. The molecule has 2 heterocycles. The molecular formula is C25H26N4. The van der Waals surface area contributed by atoms with Gasteiger partial charge in [-0.2, -0.15) is 5.10 Å². The van der Waals surface area contributed by atoms with Crippen molar-refractivity contribution in [2.24, 2.45) is 0 Å². The second-order valence-corrected chi connectivity index (χ2v) is 7.39. The van der Waals surface area contributed by atoms with Crippen molar-refractivity contribution in [3.05, 3.63) is 108 Å². The molecule has 4 nitrogen and oxygen atoms in total. The molecule has 4 aromatic rings. The van der Waals surface area contributed by atoms with E-state index in [-0.39, 0.29) is 6.04 Å². The second-order valence-electron chi connectivity index (χ2n) is 7.39. The first-order valence-corrected chi connectivity index (χ1v) is 10.0. The van der Waals surface area contributed by atoms with Gasteiger partial charge in [0.05, 0.1) is 12.2 Å². The summed E-state index contributed by atoms with van der Waals surface area (Å²) in [6, 6.07) is 23.2. The zero-order valence-electron chi connectivity index (χ0n) is 16.9. The van der Waals surface area contributed by atoms with Crippen LogP contribution in [0.3, 0.4) is 0 Å². The number of hydrogen-bond acceptors (Lipinski definition) is 3. The highest BCUT2D eigenvalue weighted by Crippen LogP contribution is 2.23. The predicted octanol–water partition coefficient (Wildman–Crippen LogP) is 5.15. The molecule has 0 amide bonds. The van der Waals surface area contributed by atoms with Crippen molar-refractivity contribution in [2.75, 3.05) is 0 Å². The highest BCUT2D eigenvalue weighted by molar-refractivity contribution is 5.61. The van der Waals surface area contributed by atoms with Crippen molar-refractivity contribution in [1.82, 2.24) is 20.1 Å². The molecule has 1 unspecified atom stereocenters. The standard InChI is InChI=1S/C25H26N4/c1-19-9-6-7-13-24(19)20(2)27-16-23-18-29(17-21-10-4-3-5-11-21)28-25(23)22-12-8-14-26-15-22/h3-15,18,20,27H,16-17H2,1-2H3. The van der Waals surface area contributed by atoms with E-state index in [4.69, 9.17) is 5.10 Å². The van der Waals surface area contributed by atoms with Crippen LogP contribution in [-0.4, -0.2) is 14.8 Å². The van der Waals surface area contributed by atoms with Gasteiger partial charge in [0, 0.05) is 42.3 Å². The predicted molar refractivity (Wildman–Crippen MR) is 117 cm³/mol. The van der Waals surface area contributed by atoms with E-state index in [1.165, 1.54) is 22.3 Å². The fraction of sp³-hybridized carbons (Fsp3) is 0.200. The molecule has 0 aliphatic heterocycles. The Morgan fingerprint density at radius 3 is 2.52 bits per heavy atom. The number of nitrogens with one attached hydrogen (secondary N) is 1. The van der Waals surface area contributed by atoms with Gasteiger partial charge < -0.3 is 5.32 Å². The molecule has 4 heteroatoms. The molecule has 0 radical (unpaired) electrons. The monoisotopic (exact) mass is 382 g/mol. The average Bonchev–Trinajstić information content (AvgIpc) is 3.16. The minimum Gasteiger partial charge on any atom is -0.306 e. The molecule has 2 aromatic heterocycles. The summed E-state index contributed by atoms with van der Waals surface area (Å²) in [4.78, 5) is 4.28. The number of rotatable bonds is 7. The van der Waals surface area contributed by atoms with Crippen molar-refractivity contribution in [2.45, 2.75) is 33.0 Å².